The van der Waals surface area contributed by atoms with Crippen LogP contribution in [0.3, 0.4) is 0 Å². The first-order valence-electron chi connectivity index (χ1n) is 7.93. The van der Waals surface area contributed by atoms with E-state index in [9.17, 15) is 14.0 Å². The molecule has 0 aliphatic rings. The average Bonchev–Trinajstić information content (AvgIpc) is 3.13. The number of hydrogen-bond acceptors (Lipinski definition) is 3. The van der Waals surface area contributed by atoms with E-state index >= 15 is 0 Å². The van der Waals surface area contributed by atoms with E-state index in [1.165, 1.54) is 16.8 Å². The quantitative estimate of drug-likeness (QED) is 0.758. The largest absolute Gasteiger partial charge is 0.355 e. The molecular formula is C19H17FN4O2. The van der Waals surface area contributed by atoms with Crippen LogP contribution in [0, 0.1) is 12.7 Å². The molecule has 1 aromatic heterocycles. The summed E-state index contributed by atoms with van der Waals surface area (Å²) in [6, 6.07) is 12.4. The van der Waals surface area contributed by atoms with Gasteiger partial charge < -0.3 is 10.6 Å². The molecule has 0 fully saturated rings. The van der Waals surface area contributed by atoms with Crippen LogP contribution >= 0.6 is 0 Å². The van der Waals surface area contributed by atoms with Crippen molar-refractivity contribution < 1.29 is 14.0 Å². The minimum atomic E-state index is -0.400. The van der Waals surface area contributed by atoms with Gasteiger partial charge in [-0.2, -0.15) is 5.10 Å². The molecule has 3 rings (SSSR count). The predicted molar refractivity (Wildman–Crippen MR) is 96.0 cm³/mol. The third-order valence-corrected chi connectivity index (χ3v) is 3.89. The second-order valence-corrected chi connectivity index (χ2v) is 5.68. The zero-order chi connectivity index (χ0) is 18.7. The van der Waals surface area contributed by atoms with Crippen molar-refractivity contribution in [3.8, 4) is 5.69 Å². The Morgan fingerprint density at radius 3 is 2.46 bits per heavy atom. The molecule has 0 spiro atoms. The topological polar surface area (TPSA) is 76.0 Å². The van der Waals surface area contributed by atoms with Crippen molar-refractivity contribution in [1.82, 2.24) is 15.1 Å². The zero-order valence-corrected chi connectivity index (χ0v) is 14.3. The highest BCUT2D eigenvalue weighted by atomic mass is 19.1. The summed E-state index contributed by atoms with van der Waals surface area (Å²) in [5, 5.41) is 9.52. The maximum absolute atomic E-state index is 13.0. The molecule has 132 valence electrons. The number of carbonyl (C=O) groups is 2. The van der Waals surface area contributed by atoms with E-state index < -0.39 is 5.91 Å². The third kappa shape index (κ3) is 3.61. The molecule has 7 heteroatoms. The third-order valence-electron chi connectivity index (χ3n) is 3.89. The molecule has 0 aliphatic carbocycles. The number of hydrogen-bond donors (Lipinski definition) is 2. The van der Waals surface area contributed by atoms with Crippen molar-refractivity contribution in [1.29, 1.82) is 0 Å². The average molecular weight is 352 g/mol. The second-order valence-electron chi connectivity index (χ2n) is 5.68. The van der Waals surface area contributed by atoms with Gasteiger partial charge >= 0.3 is 0 Å². The van der Waals surface area contributed by atoms with E-state index in [0.29, 0.717) is 16.9 Å². The van der Waals surface area contributed by atoms with Crippen LogP contribution in [0.15, 0.2) is 54.7 Å². The number of aromatic nitrogens is 2. The maximum atomic E-state index is 13.0. The van der Waals surface area contributed by atoms with Gasteiger partial charge in [0.25, 0.3) is 11.8 Å². The Morgan fingerprint density at radius 1 is 1.04 bits per heavy atom. The lowest BCUT2D eigenvalue weighted by molar-refractivity contribution is 0.0961. The Labute approximate surface area is 149 Å². The highest BCUT2D eigenvalue weighted by molar-refractivity contribution is 6.04. The molecular weight excluding hydrogens is 335 g/mol. The van der Waals surface area contributed by atoms with E-state index in [2.05, 4.69) is 15.7 Å². The summed E-state index contributed by atoms with van der Waals surface area (Å²) in [5.41, 5.74) is 2.66. The Balaban J connectivity index is 1.81. The number of anilines is 1. The normalized spacial score (nSPS) is 10.4. The standard InChI is InChI=1S/C19H17FN4O2/c1-12-3-4-13(18(25)21-2)11-17(12)22-19(26)16-9-10-24(23-16)15-7-5-14(20)6-8-15/h3-11H,1-2H3,(H,21,25)(H,22,26). The van der Waals surface area contributed by atoms with E-state index in [1.807, 2.05) is 6.92 Å². The SMILES string of the molecule is CNC(=O)c1ccc(C)c(NC(=O)c2ccn(-c3ccc(F)cc3)n2)c1. The summed E-state index contributed by atoms with van der Waals surface area (Å²) in [7, 11) is 1.54. The summed E-state index contributed by atoms with van der Waals surface area (Å²) < 4.78 is 14.5. The van der Waals surface area contributed by atoms with Crippen molar-refractivity contribution in [3.63, 3.8) is 0 Å². The molecule has 0 bridgehead atoms. The molecule has 0 unspecified atom stereocenters. The number of benzene rings is 2. The van der Waals surface area contributed by atoms with Gasteiger partial charge in [-0.1, -0.05) is 6.07 Å². The van der Waals surface area contributed by atoms with Crippen molar-refractivity contribution in [3.05, 3.63) is 77.4 Å². The number of carbonyl (C=O) groups excluding carboxylic acids is 2. The Kier molecular flexibility index (Phi) is 4.79. The summed E-state index contributed by atoms with van der Waals surface area (Å²) in [6.45, 7) is 1.83. The molecule has 1 heterocycles. The van der Waals surface area contributed by atoms with Crippen LogP contribution in [0.25, 0.3) is 5.69 Å². The maximum Gasteiger partial charge on any atom is 0.276 e. The van der Waals surface area contributed by atoms with Crippen LogP contribution in [0.4, 0.5) is 10.1 Å². The van der Waals surface area contributed by atoms with Gasteiger partial charge in [0.1, 0.15) is 5.82 Å². The second kappa shape index (κ2) is 7.18. The summed E-state index contributed by atoms with van der Waals surface area (Å²) in [5.74, 6) is -0.977. The zero-order valence-electron chi connectivity index (χ0n) is 14.3. The highest BCUT2D eigenvalue weighted by Crippen LogP contribution is 2.18. The van der Waals surface area contributed by atoms with Crippen molar-refractivity contribution in [2.75, 3.05) is 12.4 Å². The Morgan fingerprint density at radius 2 is 1.77 bits per heavy atom. The molecule has 6 nitrogen and oxygen atoms in total. The molecule has 3 aromatic rings. The molecule has 26 heavy (non-hydrogen) atoms. The summed E-state index contributed by atoms with van der Waals surface area (Å²) in [4.78, 5) is 24.2. The van der Waals surface area contributed by atoms with E-state index in [0.717, 1.165) is 5.56 Å². The molecule has 2 aromatic carbocycles. The molecule has 0 saturated carbocycles. The fraction of sp³-hybridized carbons (Fsp3) is 0.105. The van der Waals surface area contributed by atoms with Crippen LogP contribution in [-0.4, -0.2) is 28.6 Å². The van der Waals surface area contributed by atoms with Gasteiger partial charge in [-0.25, -0.2) is 9.07 Å². The number of halogens is 1. The van der Waals surface area contributed by atoms with E-state index in [-0.39, 0.29) is 17.4 Å². The fourth-order valence-electron chi connectivity index (χ4n) is 2.41. The van der Waals surface area contributed by atoms with Crippen LogP contribution in [0.1, 0.15) is 26.4 Å². The van der Waals surface area contributed by atoms with Gasteiger partial charge in [0.2, 0.25) is 0 Å². The first-order valence-corrected chi connectivity index (χ1v) is 7.93. The Hall–Kier alpha value is -3.48. The van der Waals surface area contributed by atoms with Gasteiger partial charge in [0.05, 0.1) is 5.69 Å². The van der Waals surface area contributed by atoms with Gasteiger partial charge in [-0.3, -0.25) is 9.59 Å². The minimum absolute atomic E-state index is 0.207. The van der Waals surface area contributed by atoms with Crippen LogP contribution in [0.2, 0.25) is 0 Å². The highest BCUT2D eigenvalue weighted by Gasteiger charge is 2.13. The lowest BCUT2D eigenvalue weighted by Gasteiger charge is -2.09. The van der Waals surface area contributed by atoms with E-state index in [4.69, 9.17) is 0 Å². The number of nitrogens with one attached hydrogen (secondary N) is 2. The smallest absolute Gasteiger partial charge is 0.276 e. The molecule has 0 atom stereocenters. The number of rotatable bonds is 4. The van der Waals surface area contributed by atoms with Crippen LogP contribution < -0.4 is 10.6 Å². The Bertz CT molecular complexity index is 964. The van der Waals surface area contributed by atoms with Crippen LogP contribution in [-0.2, 0) is 0 Å². The van der Waals surface area contributed by atoms with Gasteiger partial charge in [-0.05, 0) is 55.0 Å². The van der Waals surface area contributed by atoms with E-state index in [1.54, 1.807) is 49.6 Å². The first kappa shape index (κ1) is 17.3. The fourth-order valence-corrected chi connectivity index (χ4v) is 2.41. The van der Waals surface area contributed by atoms with Gasteiger partial charge in [0, 0.05) is 24.5 Å². The van der Waals surface area contributed by atoms with Gasteiger partial charge in [-0.15, -0.1) is 0 Å². The molecule has 0 saturated heterocycles. The lowest BCUT2D eigenvalue weighted by Crippen LogP contribution is -2.19. The molecule has 0 aliphatic heterocycles. The molecule has 2 N–H and O–H groups in total. The number of nitrogens with zero attached hydrogens (tertiary/aromatic N) is 2. The summed E-state index contributed by atoms with van der Waals surface area (Å²) >= 11 is 0. The van der Waals surface area contributed by atoms with Gasteiger partial charge in [0.15, 0.2) is 5.69 Å². The molecule has 2 amide bonds. The predicted octanol–water partition coefficient (Wildman–Crippen LogP) is 2.93. The minimum Gasteiger partial charge on any atom is -0.355 e. The first-order chi connectivity index (χ1) is 12.5. The van der Waals surface area contributed by atoms with Crippen LogP contribution in [0.5, 0.6) is 0 Å². The van der Waals surface area contributed by atoms with Crippen molar-refractivity contribution in [2.24, 2.45) is 0 Å². The monoisotopic (exact) mass is 352 g/mol. The summed E-state index contributed by atoms with van der Waals surface area (Å²) in [6.07, 6.45) is 1.62. The van der Waals surface area contributed by atoms with Crippen molar-refractivity contribution in [2.45, 2.75) is 6.92 Å². The lowest BCUT2D eigenvalue weighted by atomic mass is 10.1. The van der Waals surface area contributed by atoms with Crippen molar-refractivity contribution >= 4 is 17.5 Å². The number of aryl methyl sites for hydroxylation is 1. The number of amides is 2. The molecule has 0 radical (unpaired) electrons.